The number of thioether (sulfide) groups is 1. The fourth-order valence-corrected chi connectivity index (χ4v) is 1.51. The third-order valence-corrected chi connectivity index (χ3v) is 3.34. The van der Waals surface area contributed by atoms with Gasteiger partial charge in [-0.05, 0) is 19.6 Å². The Labute approximate surface area is 119 Å². The number of anilines is 2. The second-order valence-corrected chi connectivity index (χ2v) is 5.33. The summed E-state index contributed by atoms with van der Waals surface area (Å²) in [7, 11) is 0. The van der Waals surface area contributed by atoms with E-state index in [0.717, 1.165) is 19.5 Å². The van der Waals surface area contributed by atoms with Crippen LogP contribution in [0.4, 0.5) is 11.9 Å². The van der Waals surface area contributed by atoms with Crippen LogP contribution in [-0.2, 0) is 0 Å². The first-order valence-corrected chi connectivity index (χ1v) is 7.87. The van der Waals surface area contributed by atoms with E-state index in [1.165, 1.54) is 0 Å². The molecule has 7 heteroatoms. The average Bonchev–Trinajstić information content (AvgIpc) is 2.42. The predicted molar refractivity (Wildman–Crippen MR) is 81.2 cm³/mol. The van der Waals surface area contributed by atoms with E-state index >= 15 is 0 Å². The van der Waals surface area contributed by atoms with E-state index < -0.39 is 0 Å². The molecule has 0 aliphatic rings. The van der Waals surface area contributed by atoms with Crippen molar-refractivity contribution in [2.24, 2.45) is 0 Å². The van der Waals surface area contributed by atoms with Gasteiger partial charge >= 0.3 is 6.01 Å². The van der Waals surface area contributed by atoms with Crippen molar-refractivity contribution in [2.75, 3.05) is 36.6 Å². The van der Waals surface area contributed by atoms with Crippen LogP contribution in [0.15, 0.2) is 0 Å². The van der Waals surface area contributed by atoms with E-state index in [-0.39, 0.29) is 0 Å². The third-order valence-electron chi connectivity index (χ3n) is 2.37. The predicted octanol–water partition coefficient (Wildman–Crippen LogP) is 2.26. The minimum atomic E-state index is 0.357. The van der Waals surface area contributed by atoms with Crippen molar-refractivity contribution in [3.05, 3.63) is 0 Å². The summed E-state index contributed by atoms with van der Waals surface area (Å²) in [6.45, 7) is 8.33. The maximum absolute atomic E-state index is 5.35. The van der Waals surface area contributed by atoms with Gasteiger partial charge in [0.15, 0.2) is 0 Å². The molecule has 1 rings (SSSR count). The zero-order chi connectivity index (χ0) is 14.1. The summed E-state index contributed by atoms with van der Waals surface area (Å²) in [5, 5.41) is 6.86. The number of ether oxygens (including phenoxy) is 1. The Kier molecular flexibility index (Phi) is 7.32. The lowest BCUT2D eigenvalue weighted by atomic mass is 10.5. The highest BCUT2D eigenvalue weighted by Gasteiger charge is 2.08. The molecule has 0 saturated carbocycles. The van der Waals surface area contributed by atoms with Crippen LogP contribution in [0.1, 0.15) is 27.2 Å². The topological polar surface area (TPSA) is 72.0 Å². The second-order valence-electron chi connectivity index (χ2n) is 4.05. The fraction of sp³-hybridized carbons (Fsp3) is 0.750. The number of rotatable bonds is 9. The van der Waals surface area contributed by atoms with Crippen LogP contribution in [0.25, 0.3) is 0 Å². The fourth-order valence-electron chi connectivity index (χ4n) is 1.26. The summed E-state index contributed by atoms with van der Waals surface area (Å²) in [4.78, 5) is 12.8. The minimum absolute atomic E-state index is 0.357. The van der Waals surface area contributed by atoms with Crippen molar-refractivity contribution >= 4 is 23.7 Å². The zero-order valence-electron chi connectivity index (χ0n) is 12.1. The Morgan fingerprint density at radius 3 is 2.42 bits per heavy atom. The summed E-state index contributed by atoms with van der Waals surface area (Å²) in [5.41, 5.74) is 0. The van der Waals surface area contributed by atoms with E-state index in [4.69, 9.17) is 4.74 Å². The van der Waals surface area contributed by atoms with Crippen molar-refractivity contribution in [3.8, 4) is 6.01 Å². The molecular weight excluding hydrogens is 262 g/mol. The molecule has 0 saturated heterocycles. The molecule has 6 nitrogen and oxygen atoms in total. The highest BCUT2D eigenvalue weighted by molar-refractivity contribution is 7.99. The first kappa shape index (κ1) is 15.8. The molecule has 0 amide bonds. The van der Waals surface area contributed by atoms with Gasteiger partial charge in [-0.2, -0.15) is 26.7 Å². The third kappa shape index (κ3) is 5.96. The van der Waals surface area contributed by atoms with Gasteiger partial charge in [0.1, 0.15) is 0 Å². The smallest absolute Gasteiger partial charge is 0.323 e. The molecule has 1 heterocycles. The van der Waals surface area contributed by atoms with Gasteiger partial charge in [-0.15, -0.1) is 0 Å². The summed E-state index contributed by atoms with van der Waals surface area (Å²) in [5.74, 6) is 1.11. The summed E-state index contributed by atoms with van der Waals surface area (Å²) in [6.07, 6.45) is 3.10. The number of nitrogens with zero attached hydrogens (tertiary/aromatic N) is 3. The van der Waals surface area contributed by atoms with Gasteiger partial charge in [0.2, 0.25) is 11.9 Å². The SMILES string of the molecule is CCCNc1nc(NCC(C)SC)nc(OCC)n1. The lowest BCUT2D eigenvalue weighted by Crippen LogP contribution is -2.16. The molecule has 0 aromatic carbocycles. The van der Waals surface area contributed by atoms with E-state index in [1.807, 2.05) is 6.92 Å². The molecule has 0 aliphatic carbocycles. The Bertz CT molecular complexity index is 377. The van der Waals surface area contributed by atoms with Crippen molar-refractivity contribution in [2.45, 2.75) is 32.4 Å². The van der Waals surface area contributed by atoms with Gasteiger partial charge in [0.25, 0.3) is 0 Å². The Balaban J connectivity index is 2.73. The van der Waals surface area contributed by atoms with Crippen molar-refractivity contribution < 1.29 is 4.74 Å². The normalized spacial score (nSPS) is 12.0. The first-order chi connectivity index (χ1) is 9.19. The largest absolute Gasteiger partial charge is 0.464 e. The average molecular weight is 285 g/mol. The van der Waals surface area contributed by atoms with Crippen LogP contribution >= 0.6 is 11.8 Å². The van der Waals surface area contributed by atoms with Crippen LogP contribution in [0.3, 0.4) is 0 Å². The second kappa shape index (κ2) is 8.79. The summed E-state index contributed by atoms with van der Waals surface area (Å²) in [6, 6.07) is 0.357. The number of nitrogens with one attached hydrogen (secondary N) is 2. The van der Waals surface area contributed by atoms with Crippen LogP contribution < -0.4 is 15.4 Å². The standard InChI is InChI=1S/C12H23N5OS/c1-5-7-13-10-15-11(14-8-9(3)19-4)17-12(16-10)18-6-2/h9H,5-8H2,1-4H3,(H2,13,14,15,16,17). The molecule has 0 bridgehead atoms. The molecule has 1 aromatic rings. The van der Waals surface area contributed by atoms with Crippen LogP contribution in [0.5, 0.6) is 6.01 Å². The summed E-state index contributed by atoms with van der Waals surface area (Å²) < 4.78 is 5.35. The molecule has 19 heavy (non-hydrogen) atoms. The van der Waals surface area contributed by atoms with Crippen molar-refractivity contribution in [3.63, 3.8) is 0 Å². The highest BCUT2D eigenvalue weighted by Crippen LogP contribution is 2.12. The quantitative estimate of drug-likeness (QED) is 0.721. The lowest BCUT2D eigenvalue weighted by molar-refractivity contribution is 0.312. The van der Waals surface area contributed by atoms with E-state index in [2.05, 4.69) is 45.7 Å². The monoisotopic (exact) mass is 285 g/mol. The van der Waals surface area contributed by atoms with E-state index in [9.17, 15) is 0 Å². The van der Waals surface area contributed by atoms with Crippen LogP contribution in [-0.4, -0.2) is 46.2 Å². The Morgan fingerprint density at radius 1 is 1.16 bits per heavy atom. The Hall–Kier alpha value is -1.24. The van der Waals surface area contributed by atoms with Gasteiger partial charge in [-0.1, -0.05) is 13.8 Å². The molecule has 0 aliphatic heterocycles. The maximum Gasteiger partial charge on any atom is 0.323 e. The summed E-state index contributed by atoms with van der Waals surface area (Å²) >= 11 is 1.80. The number of hydrogen-bond acceptors (Lipinski definition) is 7. The van der Waals surface area contributed by atoms with Crippen LogP contribution in [0, 0.1) is 0 Å². The van der Waals surface area contributed by atoms with Crippen molar-refractivity contribution in [1.82, 2.24) is 15.0 Å². The van der Waals surface area contributed by atoms with Crippen LogP contribution in [0.2, 0.25) is 0 Å². The van der Waals surface area contributed by atoms with Gasteiger partial charge < -0.3 is 15.4 Å². The Morgan fingerprint density at radius 2 is 1.84 bits per heavy atom. The molecule has 1 unspecified atom stereocenters. The van der Waals surface area contributed by atoms with Crippen molar-refractivity contribution in [1.29, 1.82) is 0 Å². The first-order valence-electron chi connectivity index (χ1n) is 6.59. The number of aromatic nitrogens is 3. The molecule has 1 aromatic heterocycles. The van der Waals surface area contributed by atoms with E-state index in [1.54, 1.807) is 11.8 Å². The molecule has 0 radical (unpaired) electrons. The molecule has 108 valence electrons. The van der Waals surface area contributed by atoms with E-state index in [0.29, 0.717) is 29.8 Å². The minimum Gasteiger partial charge on any atom is -0.464 e. The van der Waals surface area contributed by atoms with Gasteiger partial charge in [0.05, 0.1) is 6.61 Å². The maximum atomic E-state index is 5.35. The van der Waals surface area contributed by atoms with Gasteiger partial charge in [0, 0.05) is 18.3 Å². The lowest BCUT2D eigenvalue weighted by Gasteiger charge is -2.12. The molecule has 1 atom stereocenters. The highest BCUT2D eigenvalue weighted by atomic mass is 32.2. The molecule has 2 N–H and O–H groups in total. The molecule has 0 fully saturated rings. The molecule has 0 spiro atoms. The number of hydrogen-bond donors (Lipinski definition) is 2. The van der Waals surface area contributed by atoms with Gasteiger partial charge in [-0.3, -0.25) is 0 Å². The molecular formula is C12H23N5OS. The van der Waals surface area contributed by atoms with Gasteiger partial charge in [-0.25, -0.2) is 0 Å². The zero-order valence-corrected chi connectivity index (χ0v) is 12.9.